The van der Waals surface area contributed by atoms with Gasteiger partial charge in [0.2, 0.25) is 0 Å². The molecule has 6 nitrogen and oxygen atoms in total. The van der Waals surface area contributed by atoms with Crippen LogP contribution in [-0.2, 0) is 24.9 Å². The second-order valence-electron chi connectivity index (χ2n) is 6.52. The molecule has 3 aromatic rings. The molecule has 0 amide bonds. The summed E-state index contributed by atoms with van der Waals surface area (Å²) in [4.78, 5) is 2.30. The van der Waals surface area contributed by atoms with E-state index in [0.29, 0.717) is 13.2 Å². The Balaban J connectivity index is 1.75. The molecule has 3 rings (SSSR count). The zero-order valence-electron chi connectivity index (χ0n) is 15.9. The molecular formula is C20H26N4O2. The fourth-order valence-electron chi connectivity index (χ4n) is 3.06. The molecule has 0 bridgehead atoms. The molecule has 26 heavy (non-hydrogen) atoms. The van der Waals surface area contributed by atoms with Gasteiger partial charge in [-0.3, -0.25) is 9.58 Å². The number of nitrogens with zero attached hydrogens (tertiary/aromatic N) is 4. The quantitative estimate of drug-likeness (QED) is 0.621. The Morgan fingerprint density at radius 1 is 1.15 bits per heavy atom. The summed E-state index contributed by atoms with van der Waals surface area (Å²) in [5.74, 6) is 0.846. The van der Waals surface area contributed by atoms with E-state index in [1.807, 2.05) is 48.1 Å². The molecule has 0 radical (unpaired) electrons. The summed E-state index contributed by atoms with van der Waals surface area (Å²) in [6, 6.07) is 12.1. The fraction of sp³-hybridized carbons (Fsp3) is 0.400. The third-order valence-electron chi connectivity index (χ3n) is 4.66. The maximum atomic E-state index is 5.58. The Kier molecular flexibility index (Phi) is 5.85. The second kappa shape index (κ2) is 8.29. The first-order valence-electron chi connectivity index (χ1n) is 8.80. The van der Waals surface area contributed by atoms with Crippen molar-refractivity contribution < 1.29 is 9.26 Å². The lowest BCUT2D eigenvalue weighted by molar-refractivity contribution is 0.132. The van der Waals surface area contributed by atoms with Gasteiger partial charge in [-0.25, -0.2) is 0 Å². The predicted octanol–water partition coefficient (Wildman–Crippen LogP) is 3.34. The largest absolute Gasteiger partial charge is 0.383 e. The third-order valence-corrected chi connectivity index (χ3v) is 4.66. The van der Waals surface area contributed by atoms with Crippen LogP contribution in [0.2, 0.25) is 0 Å². The van der Waals surface area contributed by atoms with Crippen LogP contribution in [0.1, 0.15) is 22.7 Å². The van der Waals surface area contributed by atoms with E-state index in [2.05, 4.69) is 29.0 Å². The van der Waals surface area contributed by atoms with Crippen LogP contribution in [0.15, 0.2) is 40.9 Å². The van der Waals surface area contributed by atoms with Gasteiger partial charge < -0.3 is 9.26 Å². The first-order chi connectivity index (χ1) is 12.6. The molecular weight excluding hydrogens is 328 g/mol. The van der Waals surface area contributed by atoms with Gasteiger partial charge in [-0.05, 0) is 13.8 Å². The van der Waals surface area contributed by atoms with Crippen molar-refractivity contribution in [2.75, 3.05) is 20.3 Å². The highest BCUT2D eigenvalue weighted by molar-refractivity contribution is 5.58. The number of ether oxygens (including phenoxy) is 1. The average molecular weight is 354 g/mol. The van der Waals surface area contributed by atoms with Crippen LogP contribution in [0.5, 0.6) is 0 Å². The number of rotatable bonds is 8. The van der Waals surface area contributed by atoms with Gasteiger partial charge in [-0.15, -0.1) is 0 Å². The van der Waals surface area contributed by atoms with Crippen molar-refractivity contribution >= 4 is 0 Å². The molecule has 2 aromatic heterocycles. The van der Waals surface area contributed by atoms with Crippen molar-refractivity contribution in [1.82, 2.24) is 19.8 Å². The standard InChI is InChI=1S/C20H26N4O2/c1-15-19(16(2)23(3)21-15)14-24(10-11-25-4)13-18-12-20(22-26-18)17-8-6-5-7-9-17/h5-9,12H,10-11,13-14H2,1-4H3. The van der Waals surface area contributed by atoms with Crippen LogP contribution in [0.3, 0.4) is 0 Å². The second-order valence-corrected chi connectivity index (χ2v) is 6.52. The molecule has 0 saturated heterocycles. The Morgan fingerprint density at radius 2 is 1.92 bits per heavy atom. The Morgan fingerprint density at radius 3 is 2.58 bits per heavy atom. The number of methoxy groups -OCH3 is 1. The summed E-state index contributed by atoms with van der Waals surface area (Å²) in [7, 11) is 3.70. The van der Waals surface area contributed by atoms with Crippen molar-refractivity contribution in [3.8, 4) is 11.3 Å². The molecule has 0 aliphatic rings. The van der Waals surface area contributed by atoms with Gasteiger partial charge in [0.25, 0.3) is 0 Å². The lowest BCUT2D eigenvalue weighted by Gasteiger charge is -2.20. The maximum Gasteiger partial charge on any atom is 0.151 e. The predicted molar refractivity (Wildman–Crippen MR) is 101 cm³/mol. The van der Waals surface area contributed by atoms with E-state index < -0.39 is 0 Å². The number of aromatic nitrogens is 3. The minimum absolute atomic E-state index is 0.665. The molecule has 138 valence electrons. The van der Waals surface area contributed by atoms with Crippen molar-refractivity contribution in [3.63, 3.8) is 0 Å². The van der Waals surface area contributed by atoms with Gasteiger partial charge >= 0.3 is 0 Å². The van der Waals surface area contributed by atoms with Gasteiger partial charge in [-0.2, -0.15) is 5.10 Å². The lowest BCUT2D eigenvalue weighted by atomic mass is 10.1. The van der Waals surface area contributed by atoms with Gasteiger partial charge in [0, 0.05) is 50.1 Å². The summed E-state index contributed by atoms with van der Waals surface area (Å²) in [6.07, 6.45) is 0. The highest BCUT2D eigenvalue weighted by Crippen LogP contribution is 2.21. The molecule has 0 unspecified atom stereocenters. The van der Waals surface area contributed by atoms with Crippen molar-refractivity contribution in [2.24, 2.45) is 7.05 Å². The van der Waals surface area contributed by atoms with Crippen LogP contribution >= 0.6 is 0 Å². The first-order valence-corrected chi connectivity index (χ1v) is 8.80. The topological polar surface area (TPSA) is 56.3 Å². The van der Waals surface area contributed by atoms with Crippen LogP contribution in [0, 0.1) is 13.8 Å². The van der Waals surface area contributed by atoms with Crippen molar-refractivity contribution in [2.45, 2.75) is 26.9 Å². The minimum Gasteiger partial charge on any atom is -0.383 e. The molecule has 0 spiro atoms. The van der Waals surface area contributed by atoms with Crippen LogP contribution in [-0.4, -0.2) is 40.1 Å². The Labute approximate surface area is 154 Å². The molecule has 0 aliphatic carbocycles. The van der Waals surface area contributed by atoms with Gasteiger partial charge in [-0.1, -0.05) is 35.5 Å². The lowest BCUT2D eigenvalue weighted by Crippen LogP contribution is -2.27. The van der Waals surface area contributed by atoms with Crippen LogP contribution in [0.25, 0.3) is 11.3 Å². The van der Waals surface area contributed by atoms with E-state index in [-0.39, 0.29) is 0 Å². The highest BCUT2D eigenvalue weighted by Gasteiger charge is 2.16. The van der Waals surface area contributed by atoms with Gasteiger partial charge in [0.15, 0.2) is 5.76 Å². The Bertz CT molecular complexity index is 839. The molecule has 0 atom stereocenters. The number of hydrogen-bond donors (Lipinski definition) is 0. The summed E-state index contributed by atoms with van der Waals surface area (Å²) >= 11 is 0. The van der Waals surface area contributed by atoms with Crippen molar-refractivity contribution in [1.29, 1.82) is 0 Å². The summed E-state index contributed by atoms with van der Waals surface area (Å²) in [6.45, 7) is 7.11. The van der Waals surface area contributed by atoms with E-state index in [0.717, 1.165) is 35.8 Å². The van der Waals surface area contributed by atoms with E-state index in [9.17, 15) is 0 Å². The van der Waals surface area contributed by atoms with E-state index in [1.54, 1.807) is 7.11 Å². The van der Waals surface area contributed by atoms with E-state index in [4.69, 9.17) is 9.26 Å². The molecule has 0 N–H and O–H groups in total. The number of aryl methyl sites for hydroxylation is 2. The highest BCUT2D eigenvalue weighted by atomic mass is 16.5. The van der Waals surface area contributed by atoms with Crippen LogP contribution in [0.4, 0.5) is 0 Å². The summed E-state index contributed by atoms with van der Waals surface area (Å²) < 4.78 is 12.8. The normalized spacial score (nSPS) is 11.4. The fourth-order valence-corrected chi connectivity index (χ4v) is 3.06. The molecule has 0 aliphatic heterocycles. The maximum absolute atomic E-state index is 5.58. The van der Waals surface area contributed by atoms with Gasteiger partial charge in [0.05, 0.1) is 18.8 Å². The monoisotopic (exact) mass is 354 g/mol. The van der Waals surface area contributed by atoms with Gasteiger partial charge in [0.1, 0.15) is 5.69 Å². The van der Waals surface area contributed by atoms with Crippen molar-refractivity contribution in [3.05, 3.63) is 59.1 Å². The van der Waals surface area contributed by atoms with Crippen LogP contribution < -0.4 is 0 Å². The molecule has 6 heteroatoms. The molecule has 0 saturated carbocycles. The van der Waals surface area contributed by atoms with E-state index in [1.165, 1.54) is 11.3 Å². The summed E-state index contributed by atoms with van der Waals surface area (Å²) in [5.41, 5.74) is 5.43. The average Bonchev–Trinajstić information content (AvgIpc) is 3.20. The zero-order valence-corrected chi connectivity index (χ0v) is 15.9. The first kappa shape index (κ1) is 18.4. The third kappa shape index (κ3) is 4.20. The SMILES string of the molecule is COCCN(Cc1cc(-c2ccccc2)no1)Cc1c(C)nn(C)c1C. The minimum atomic E-state index is 0.665. The smallest absolute Gasteiger partial charge is 0.151 e. The Hall–Kier alpha value is -2.44. The summed E-state index contributed by atoms with van der Waals surface area (Å²) in [5, 5.41) is 8.73. The van der Waals surface area contributed by atoms with E-state index >= 15 is 0 Å². The molecule has 1 aromatic carbocycles. The molecule has 0 fully saturated rings. The zero-order chi connectivity index (χ0) is 18.5. The number of benzene rings is 1. The number of hydrogen-bond acceptors (Lipinski definition) is 5. The molecule has 2 heterocycles.